The van der Waals surface area contributed by atoms with Crippen LogP contribution >= 0.6 is 11.8 Å². The number of rotatable bonds is 7. The Morgan fingerprint density at radius 1 is 1.29 bits per heavy atom. The first-order valence-electron chi connectivity index (χ1n) is 12.3. The van der Waals surface area contributed by atoms with Crippen molar-refractivity contribution in [1.29, 1.82) is 5.41 Å². The van der Waals surface area contributed by atoms with E-state index in [1.54, 1.807) is 17.8 Å². The summed E-state index contributed by atoms with van der Waals surface area (Å²) in [7, 11) is 0. The highest BCUT2D eigenvalue weighted by Crippen LogP contribution is 2.40. The zero-order chi connectivity index (χ0) is 25.5. The molecule has 2 unspecified atom stereocenters. The number of nitrogens with one attached hydrogen (secondary N) is 3. The van der Waals surface area contributed by atoms with Crippen LogP contribution in [0.5, 0.6) is 0 Å². The Morgan fingerprint density at radius 3 is 2.56 bits per heavy atom. The number of thioether (sulfide) groups is 1. The lowest BCUT2D eigenvalue weighted by Gasteiger charge is -2.19. The molecule has 1 aromatic carbocycles. The van der Waals surface area contributed by atoms with Gasteiger partial charge in [-0.3, -0.25) is 5.10 Å². The second-order valence-corrected chi connectivity index (χ2v) is 10.9. The van der Waals surface area contributed by atoms with Crippen LogP contribution in [0.15, 0.2) is 34.9 Å². The Kier molecular flexibility index (Phi) is 10.2. The molecule has 1 aliphatic carbocycles. The lowest BCUT2D eigenvalue weighted by Crippen LogP contribution is -2.20. The van der Waals surface area contributed by atoms with Crippen LogP contribution < -0.4 is 11.1 Å². The first kappa shape index (κ1) is 28.0. The monoisotopic (exact) mass is 487 g/mol. The van der Waals surface area contributed by atoms with E-state index < -0.39 is 0 Å². The molecule has 2 atom stereocenters. The molecule has 0 bridgehead atoms. The normalized spacial score (nSPS) is 18.4. The predicted octanol–water partition coefficient (Wildman–Crippen LogP) is 7.79. The molecule has 1 aliphatic rings. The van der Waals surface area contributed by atoms with Crippen LogP contribution in [0.1, 0.15) is 84.4 Å². The Balaban J connectivity index is 0.00000129. The highest BCUT2D eigenvalue weighted by Gasteiger charge is 2.29. The quantitative estimate of drug-likeness (QED) is 0.237. The lowest BCUT2D eigenvalue weighted by molar-refractivity contribution is 0.584. The van der Waals surface area contributed by atoms with Crippen molar-refractivity contribution in [2.24, 2.45) is 17.1 Å². The fourth-order valence-corrected chi connectivity index (χ4v) is 4.72. The zero-order valence-electron chi connectivity index (χ0n) is 21.8. The molecule has 0 amide bonds. The highest BCUT2D eigenvalue weighted by molar-refractivity contribution is 7.98. The van der Waals surface area contributed by atoms with Crippen LogP contribution in [0.2, 0.25) is 0 Å². The molecule has 1 heterocycles. The van der Waals surface area contributed by atoms with Crippen LogP contribution in [0.25, 0.3) is 0 Å². The molecule has 5 nitrogen and oxygen atoms in total. The number of aromatic amines is 1. The van der Waals surface area contributed by atoms with Crippen molar-refractivity contribution in [3.8, 4) is 0 Å². The van der Waals surface area contributed by atoms with Gasteiger partial charge in [-0.25, -0.2) is 4.39 Å². The Hall–Kier alpha value is -2.28. The molecular weight excluding hydrogens is 445 g/mol. The maximum Gasteiger partial charge on any atom is 0.152 e. The van der Waals surface area contributed by atoms with Gasteiger partial charge in [-0.05, 0) is 56.1 Å². The number of hydrogen-bond acceptors (Lipinski definition) is 5. The van der Waals surface area contributed by atoms with Crippen molar-refractivity contribution in [2.75, 3.05) is 11.6 Å². The van der Waals surface area contributed by atoms with Gasteiger partial charge in [-0.2, -0.15) is 5.10 Å². The molecule has 1 aromatic heterocycles. The van der Waals surface area contributed by atoms with E-state index >= 15 is 0 Å². The van der Waals surface area contributed by atoms with E-state index in [-0.39, 0.29) is 17.2 Å². The van der Waals surface area contributed by atoms with Crippen LogP contribution in [0, 0.1) is 22.6 Å². The van der Waals surface area contributed by atoms with Crippen LogP contribution in [-0.2, 0) is 6.42 Å². The van der Waals surface area contributed by atoms with E-state index in [2.05, 4.69) is 29.4 Å². The number of hydrogen-bond donors (Lipinski definition) is 4. The summed E-state index contributed by atoms with van der Waals surface area (Å²) < 4.78 is 14.9. The fraction of sp³-hybridized carbons (Fsp3) is 0.556. The number of nitrogens with two attached hydrogens (primary N) is 1. The van der Waals surface area contributed by atoms with Gasteiger partial charge in [0.1, 0.15) is 0 Å². The molecule has 0 spiro atoms. The third kappa shape index (κ3) is 7.11. The third-order valence-electron chi connectivity index (χ3n) is 6.10. The fourth-order valence-electron chi connectivity index (χ4n) is 4.04. The van der Waals surface area contributed by atoms with Gasteiger partial charge in [0.25, 0.3) is 0 Å². The summed E-state index contributed by atoms with van der Waals surface area (Å²) in [5.74, 6) is 1.02. The van der Waals surface area contributed by atoms with Crippen LogP contribution in [-0.4, -0.2) is 22.2 Å². The highest BCUT2D eigenvalue weighted by atomic mass is 32.2. The van der Waals surface area contributed by atoms with Crippen molar-refractivity contribution in [3.63, 3.8) is 0 Å². The molecule has 0 radical (unpaired) electrons. The van der Waals surface area contributed by atoms with E-state index in [0.717, 1.165) is 41.1 Å². The number of nitrogens with zero attached hydrogens (tertiary/aromatic N) is 1. The van der Waals surface area contributed by atoms with Gasteiger partial charge >= 0.3 is 0 Å². The maximum atomic E-state index is 14.9. The molecule has 0 saturated heterocycles. The van der Waals surface area contributed by atoms with Crippen molar-refractivity contribution < 1.29 is 4.39 Å². The molecule has 7 heteroatoms. The summed E-state index contributed by atoms with van der Waals surface area (Å²) in [5, 5.41) is 18.8. The second kappa shape index (κ2) is 12.4. The van der Waals surface area contributed by atoms with Crippen molar-refractivity contribution in [3.05, 3.63) is 47.0 Å². The van der Waals surface area contributed by atoms with E-state index in [1.165, 1.54) is 6.42 Å². The number of halogens is 1. The largest absolute Gasteiger partial charge is 0.402 e. The number of aromatic nitrogens is 2. The Bertz CT molecular complexity index is 989. The second-order valence-electron chi connectivity index (χ2n) is 10.0. The molecule has 1 fully saturated rings. The molecule has 34 heavy (non-hydrogen) atoms. The van der Waals surface area contributed by atoms with Gasteiger partial charge in [-0.1, -0.05) is 48.0 Å². The van der Waals surface area contributed by atoms with Crippen LogP contribution in [0.3, 0.4) is 0 Å². The minimum Gasteiger partial charge on any atom is -0.402 e. The first-order valence-corrected chi connectivity index (χ1v) is 13.5. The van der Waals surface area contributed by atoms with Gasteiger partial charge in [0.15, 0.2) is 11.6 Å². The first-order chi connectivity index (χ1) is 16.0. The lowest BCUT2D eigenvalue weighted by atomic mass is 9.88. The summed E-state index contributed by atoms with van der Waals surface area (Å²) in [6.45, 7) is 12.3. The molecule has 188 valence electrons. The van der Waals surface area contributed by atoms with Crippen molar-refractivity contribution in [2.45, 2.75) is 84.5 Å². The van der Waals surface area contributed by atoms with E-state index in [4.69, 9.17) is 11.1 Å². The summed E-state index contributed by atoms with van der Waals surface area (Å²) in [5.41, 5.74) is 9.70. The van der Waals surface area contributed by atoms with Gasteiger partial charge in [-0.15, -0.1) is 11.8 Å². The SMILES string of the molecule is CCC.CCc1c(SC)ccc(Nc2cc(C3CCC(/C(N)=C/C(=N)C(C)(C)C)C3)[nH]n2)c1F. The van der Waals surface area contributed by atoms with E-state index in [9.17, 15) is 4.39 Å². The topological polar surface area (TPSA) is 90.6 Å². The Morgan fingerprint density at radius 2 is 1.97 bits per heavy atom. The summed E-state index contributed by atoms with van der Waals surface area (Å²) in [6.07, 6.45) is 8.63. The standard InChI is InChI=1S/C24H34FN5S.C3H8/c1-6-16-20(31-5)10-9-18(23(16)25)28-22-13-19(29-30-22)15-8-7-14(11-15)17(26)12-21(27)24(2,3)4;1-3-2/h9-10,12-15,27H,6-8,11,26H2,1-5H3,(H2,28,29,30);3H2,1-2H3/b17-12-,27-21?;. The smallest absolute Gasteiger partial charge is 0.152 e. The van der Waals surface area contributed by atoms with Gasteiger partial charge < -0.3 is 16.5 Å². The number of allylic oxidation sites excluding steroid dienone is 2. The predicted molar refractivity (Wildman–Crippen MR) is 145 cm³/mol. The zero-order valence-corrected chi connectivity index (χ0v) is 22.6. The minimum atomic E-state index is -0.209. The molecule has 1 saturated carbocycles. The van der Waals surface area contributed by atoms with Gasteiger partial charge in [0.2, 0.25) is 0 Å². The number of anilines is 2. The minimum absolute atomic E-state index is 0.201. The molecule has 5 N–H and O–H groups in total. The van der Waals surface area contributed by atoms with Gasteiger partial charge in [0, 0.05) is 45.0 Å². The van der Waals surface area contributed by atoms with Crippen molar-refractivity contribution in [1.82, 2.24) is 10.2 Å². The van der Waals surface area contributed by atoms with E-state index in [0.29, 0.717) is 29.6 Å². The summed E-state index contributed by atoms with van der Waals surface area (Å²) in [6, 6.07) is 5.70. The molecule has 3 rings (SSSR count). The molecule has 0 aliphatic heterocycles. The summed E-state index contributed by atoms with van der Waals surface area (Å²) >= 11 is 1.56. The Labute approximate surface area is 209 Å². The molecule has 2 aromatic rings. The van der Waals surface area contributed by atoms with Crippen molar-refractivity contribution >= 4 is 29.0 Å². The molecular formula is C27H42FN5S. The van der Waals surface area contributed by atoms with Crippen LogP contribution in [0.4, 0.5) is 15.9 Å². The average Bonchev–Trinajstić information content (AvgIpc) is 3.44. The third-order valence-corrected chi connectivity index (χ3v) is 6.92. The van der Waals surface area contributed by atoms with Gasteiger partial charge in [0.05, 0.1) is 5.69 Å². The summed E-state index contributed by atoms with van der Waals surface area (Å²) in [4.78, 5) is 0.968. The average molecular weight is 488 g/mol. The number of benzene rings is 1. The van der Waals surface area contributed by atoms with E-state index in [1.807, 2.05) is 52.2 Å². The number of H-pyrrole nitrogens is 1. The maximum absolute atomic E-state index is 14.9.